The first-order valence-corrected chi connectivity index (χ1v) is 16.4. The van der Waals surface area contributed by atoms with Crippen molar-refractivity contribution in [1.29, 1.82) is 0 Å². The van der Waals surface area contributed by atoms with Gasteiger partial charge in [0.25, 0.3) is 0 Å². The van der Waals surface area contributed by atoms with Crippen LogP contribution in [0.2, 0.25) is 0 Å². The van der Waals surface area contributed by atoms with E-state index < -0.39 is 23.2 Å². The molecule has 6 heterocycles. The number of fused-ring (bicyclic) bond motifs is 4. The van der Waals surface area contributed by atoms with Crippen molar-refractivity contribution in [3.05, 3.63) is 64.7 Å². The number of benzene rings is 1. The molecule has 5 aromatic rings. The highest BCUT2D eigenvalue weighted by Crippen LogP contribution is 2.37. The van der Waals surface area contributed by atoms with Gasteiger partial charge in [-0.25, -0.2) is 23.5 Å². The number of aromatic nitrogens is 6. The van der Waals surface area contributed by atoms with Crippen molar-refractivity contribution in [2.45, 2.75) is 72.1 Å². The summed E-state index contributed by atoms with van der Waals surface area (Å²) in [5.41, 5.74) is 1.47. The van der Waals surface area contributed by atoms with E-state index in [1.165, 1.54) is 10.6 Å². The summed E-state index contributed by atoms with van der Waals surface area (Å²) in [5, 5.41) is 5.80. The number of amides is 1. The number of hydrogen-bond acceptors (Lipinski definition) is 9. The number of carbonyl (C=O) groups is 1. The molecule has 0 saturated carbocycles. The fourth-order valence-corrected chi connectivity index (χ4v) is 6.60. The minimum absolute atomic E-state index is 0.0829. The standard InChI is InChI=1S/C35H39FN8O4/c1-20(2)27-30-26(11-12-37-27)47-16-8-13-43-29-22(18-38-43)9-7-10-23(29)28-25(36)17-24-31(40-33(45)44(30)32(24)39-28)42-15-14-41(19-21(42)3)34(46)48-35(4,5)6/h7,9-12,17-18,20-21H,8,13-16,19H2,1-6H3. The van der Waals surface area contributed by atoms with E-state index in [9.17, 15) is 9.59 Å². The topological polar surface area (TPSA) is 121 Å². The number of nitrogens with zero attached hydrogens (tertiary/aromatic N) is 8. The maximum absolute atomic E-state index is 16.5. The number of para-hydroxylation sites is 1. The van der Waals surface area contributed by atoms with Crippen LogP contribution in [0.3, 0.4) is 0 Å². The fourth-order valence-electron chi connectivity index (χ4n) is 6.60. The Morgan fingerprint density at radius 2 is 1.94 bits per heavy atom. The van der Waals surface area contributed by atoms with Crippen molar-refractivity contribution >= 4 is 33.8 Å². The molecule has 7 rings (SSSR count). The lowest BCUT2D eigenvalue weighted by atomic mass is 10.1. The van der Waals surface area contributed by atoms with Crippen molar-refractivity contribution < 1.29 is 18.7 Å². The second-order valence-electron chi connectivity index (χ2n) is 13.7. The number of pyridine rings is 2. The van der Waals surface area contributed by atoms with Crippen LogP contribution in [-0.2, 0) is 11.3 Å². The molecule has 1 fully saturated rings. The van der Waals surface area contributed by atoms with Crippen molar-refractivity contribution in [2.24, 2.45) is 0 Å². The average Bonchev–Trinajstić information content (AvgIpc) is 3.45. The minimum atomic E-state index is -0.633. The third-order valence-corrected chi connectivity index (χ3v) is 8.73. The maximum atomic E-state index is 16.5. The van der Waals surface area contributed by atoms with E-state index in [0.29, 0.717) is 73.1 Å². The molecule has 0 spiro atoms. The minimum Gasteiger partial charge on any atom is -0.491 e. The molecule has 250 valence electrons. The van der Waals surface area contributed by atoms with Gasteiger partial charge in [0.15, 0.2) is 5.65 Å². The normalized spacial score (nSPS) is 16.8. The molecule has 12 nitrogen and oxygen atoms in total. The average molecular weight is 655 g/mol. The lowest BCUT2D eigenvalue weighted by molar-refractivity contribution is 0.0218. The van der Waals surface area contributed by atoms with Crippen molar-refractivity contribution in [3.8, 4) is 22.7 Å². The molecule has 48 heavy (non-hydrogen) atoms. The van der Waals surface area contributed by atoms with Crippen LogP contribution in [0.1, 0.15) is 59.6 Å². The van der Waals surface area contributed by atoms with Gasteiger partial charge in [0.2, 0.25) is 0 Å². The van der Waals surface area contributed by atoms with Gasteiger partial charge >= 0.3 is 11.8 Å². The lowest BCUT2D eigenvalue weighted by Gasteiger charge is -2.41. The van der Waals surface area contributed by atoms with Crippen LogP contribution >= 0.6 is 0 Å². The Balaban J connectivity index is 1.47. The second-order valence-corrected chi connectivity index (χ2v) is 13.7. The van der Waals surface area contributed by atoms with Gasteiger partial charge in [0.1, 0.15) is 34.4 Å². The van der Waals surface area contributed by atoms with Gasteiger partial charge in [-0.15, -0.1) is 0 Å². The SMILES string of the molecule is CC(C)c1nccc2c1-n1c(=O)nc(N3CCN(C(=O)OC(C)(C)C)CC3C)c3cc(F)c(nc31)-c1cccc3cnn(c13)CCCO2. The molecule has 0 radical (unpaired) electrons. The predicted molar refractivity (Wildman–Crippen MR) is 180 cm³/mol. The van der Waals surface area contributed by atoms with Gasteiger partial charge in [-0.1, -0.05) is 32.0 Å². The van der Waals surface area contributed by atoms with Gasteiger partial charge in [0.05, 0.1) is 29.4 Å². The first kappa shape index (κ1) is 31.5. The van der Waals surface area contributed by atoms with Crippen molar-refractivity contribution in [3.63, 3.8) is 0 Å². The first-order chi connectivity index (χ1) is 22.9. The molecule has 1 amide bonds. The van der Waals surface area contributed by atoms with Gasteiger partial charge in [0, 0.05) is 61.9 Å². The van der Waals surface area contributed by atoms with E-state index in [0.717, 1.165) is 10.9 Å². The molecule has 13 heteroatoms. The predicted octanol–water partition coefficient (Wildman–Crippen LogP) is 5.68. The van der Waals surface area contributed by atoms with E-state index in [2.05, 4.69) is 15.1 Å². The van der Waals surface area contributed by atoms with Crippen LogP contribution in [0, 0.1) is 5.82 Å². The van der Waals surface area contributed by atoms with Crippen LogP contribution in [0.4, 0.5) is 15.0 Å². The Hall–Kier alpha value is -5.07. The van der Waals surface area contributed by atoms with E-state index in [1.54, 1.807) is 23.4 Å². The number of rotatable bonds is 2. The zero-order chi connectivity index (χ0) is 33.9. The quantitative estimate of drug-likeness (QED) is 0.237. The van der Waals surface area contributed by atoms with Gasteiger partial charge < -0.3 is 19.3 Å². The summed E-state index contributed by atoms with van der Waals surface area (Å²) in [5.74, 6) is 0.115. The van der Waals surface area contributed by atoms with Gasteiger partial charge in [-0.2, -0.15) is 10.1 Å². The zero-order valence-corrected chi connectivity index (χ0v) is 28.0. The van der Waals surface area contributed by atoms with Crippen molar-refractivity contribution in [1.82, 2.24) is 34.2 Å². The van der Waals surface area contributed by atoms with Crippen LogP contribution in [0.25, 0.3) is 38.9 Å². The molecule has 1 saturated heterocycles. The lowest BCUT2D eigenvalue weighted by Crippen LogP contribution is -2.55. The summed E-state index contributed by atoms with van der Waals surface area (Å²) in [6, 6.07) is 8.49. The molecule has 0 aliphatic carbocycles. The summed E-state index contributed by atoms with van der Waals surface area (Å²) >= 11 is 0. The van der Waals surface area contributed by atoms with Gasteiger partial charge in [-0.3, -0.25) is 9.67 Å². The molecule has 2 aliphatic rings. The highest BCUT2D eigenvalue weighted by molar-refractivity contribution is 5.96. The zero-order valence-electron chi connectivity index (χ0n) is 28.0. The smallest absolute Gasteiger partial charge is 0.410 e. The number of anilines is 1. The highest BCUT2D eigenvalue weighted by Gasteiger charge is 2.33. The number of carbonyl (C=O) groups excluding carboxylic acids is 1. The number of ether oxygens (including phenoxy) is 2. The third-order valence-electron chi connectivity index (χ3n) is 8.73. The maximum Gasteiger partial charge on any atom is 0.410 e. The summed E-state index contributed by atoms with van der Waals surface area (Å²) in [6.07, 6.45) is 3.64. The summed E-state index contributed by atoms with van der Waals surface area (Å²) in [4.78, 5) is 45.0. The fraction of sp³-hybridized carbons (Fsp3) is 0.429. The summed E-state index contributed by atoms with van der Waals surface area (Å²) in [7, 11) is 0. The summed E-state index contributed by atoms with van der Waals surface area (Å²) in [6.45, 7) is 13.3. The molecular weight excluding hydrogens is 615 g/mol. The van der Waals surface area contributed by atoms with E-state index in [4.69, 9.17) is 14.5 Å². The first-order valence-electron chi connectivity index (χ1n) is 16.4. The Bertz CT molecular complexity index is 2120. The Morgan fingerprint density at radius 1 is 1.12 bits per heavy atom. The molecule has 1 atom stereocenters. The van der Waals surface area contributed by atoms with E-state index in [1.807, 2.05) is 69.3 Å². The largest absolute Gasteiger partial charge is 0.491 e. The second kappa shape index (κ2) is 11.9. The molecule has 1 aromatic carbocycles. The van der Waals surface area contributed by atoms with Crippen LogP contribution < -0.4 is 15.3 Å². The third kappa shape index (κ3) is 5.50. The molecule has 0 N–H and O–H groups in total. The molecule has 4 aromatic heterocycles. The molecule has 1 unspecified atom stereocenters. The molecule has 2 bridgehead atoms. The Kier molecular flexibility index (Phi) is 7.80. The van der Waals surface area contributed by atoms with E-state index >= 15 is 4.39 Å². The molecular formula is C35H39FN8O4. The van der Waals surface area contributed by atoms with E-state index in [-0.39, 0.29) is 23.3 Å². The highest BCUT2D eigenvalue weighted by atomic mass is 19.1. The van der Waals surface area contributed by atoms with Crippen LogP contribution in [-0.4, -0.2) is 78.2 Å². The molecule has 2 aliphatic heterocycles. The summed E-state index contributed by atoms with van der Waals surface area (Å²) < 4.78 is 31.7. The number of halogens is 1. The van der Waals surface area contributed by atoms with Crippen LogP contribution in [0.5, 0.6) is 5.75 Å². The Labute approximate surface area is 277 Å². The number of aryl methyl sites for hydroxylation is 1. The monoisotopic (exact) mass is 654 g/mol. The number of hydrogen-bond donors (Lipinski definition) is 0. The van der Waals surface area contributed by atoms with Crippen molar-refractivity contribution in [2.75, 3.05) is 31.1 Å². The Morgan fingerprint density at radius 3 is 2.69 bits per heavy atom. The van der Waals surface area contributed by atoms with Gasteiger partial charge in [-0.05, 0) is 39.7 Å². The van der Waals surface area contributed by atoms with Crippen LogP contribution in [0.15, 0.2) is 47.5 Å². The number of piperazine rings is 1.